The summed E-state index contributed by atoms with van der Waals surface area (Å²) in [6.07, 6.45) is 2.37. The Morgan fingerprint density at radius 2 is 1.92 bits per heavy atom. The van der Waals surface area contributed by atoms with Gasteiger partial charge in [-0.2, -0.15) is 5.10 Å². The average molecular weight is 328 g/mol. The fourth-order valence-corrected chi connectivity index (χ4v) is 3.13. The van der Waals surface area contributed by atoms with E-state index in [4.69, 9.17) is 0 Å². The first kappa shape index (κ1) is 16.4. The van der Waals surface area contributed by atoms with Crippen molar-refractivity contribution in [2.45, 2.75) is 40.2 Å². The number of amides is 1. The standard InChI is InChI=1S/C17H24N6O/c1-11-9-14(20-17(19-11)23-7-5-6-8-23)10-18-16(24)15-12(2)21-22(4)13(15)3/h9H,5-8,10H2,1-4H3,(H,18,24). The molecule has 1 aliphatic rings. The van der Waals surface area contributed by atoms with Crippen LogP contribution in [-0.2, 0) is 13.6 Å². The minimum atomic E-state index is -0.114. The number of aromatic nitrogens is 4. The third-order valence-electron chi connectivity index (χ3n) is 4.45. The van der Waals surface area contributed by atoms with Crippen LogP contribution >= 0.6 is 0 Å². The van der Waals surface area contributed by atoms with Crippen LogP contribution in [0.25, 0.3) is 0 Å². The Bertz CT molecular complexity index is 761. The first-order valence-electron chi connectivity index (χ1n) is 8.33. The summed E-state index contributed by atoms with van der Waals surface area (Å²) in [4.78, 5) is 23.8. The lowest BCUT2D eigenvalue weighted by atomic mass is 10.2. The highest BCUT2D eigenvalue weighted by molar-refractivity contribution is 5.96. The molecule has 0 saturated carbocycles. The van der Waals surface area contributed by atoms with Gasteiger partial charge in [0.05, 0.1) is 23.5 Å². The van der Waals surface area contributed by atoms with Crippen molar-refractivity contribution in [3.63, 3.8) is 0 Å². The lowest BCUT2D eigenvalue weighted by Gasteiger charge is -2.16. The lowest BCUT2D eigenvalue weighted by Crippen LogP contribution is -2.26. The first-order chi connectivity index (χ1) is 11.5. The van der Waals surface area contributed by atoms with Crippen molar-refractivity contribution in [2.75, 3.05) is 18.0 Å². The van der Waals surface area contributed by atoms with Crippen molar-refractivity contribution >= 4 is 11.9 Å². The predicted molar refractivity (Wildman–Crippen MR) is 92.1 cm³/mol. The summed E-state index contributed by atoms with van der Waals surface area (Å²) in [5, 5.41) is 7.24. The molecule has 0 radical (unpaired) electrons. The normalized spacial score (nSPS) is 14.2. The Morgan fingerprint density at radius 3 is 2.54 bits per heavy atom. The van der Waals surface area contributed by atoms with Crippen molar-refractivity contribution in [2.24, 2.45) is 7.05 Å². The number of nitrogens with one attached hydrogen (secondary N) is 1. The first-order valence-corrected chi connectivity index (χ1v) is 8.33. The Balaban J connectivity index is 1.73. The Kier molecular flexibility index (Phi) is 4.51. The van der Waals surface area contributed by atoms with Crippen molar-refractivity contribution in [3.05, 3.63) is 34.4 Å². The molecular formula is C17H24N6O. The summed E-state index contributed by atoms with van der Waals surface area (Å²) in [6, 6.07) is 1.92. The van der Waals surface area contributed by atoms with Gasteiger partial charge < -0.3 is 10.2 Å². The van der Waals surface area contributed by atoms with E-state index in [1.165, 1.54) is 12.8 Å². The SMILES string of the molecule is Cc1cc(CNC(=O)c2c(C)nn(C)c2C)nc(N2CCCC2)n1. The van der Waals surface area contributed by atoms with Crippen molar-refractivity contribution < 1.29 is 4.79 Å². The van der Waals surface area contributed by atoms with Crippen LogP contribution in [0.4, 0.5) is 5.95 Å². The maximum Gasteiger partial charge on any atom is 0.255 e. The molecule has 128 valence electrons. The molecule has 0 unspecified atom stereocenters. The quantitative estimate of drug-likeness (QED) is 0.924. The van der Waals surface area contributed by atoms with Gasteiger partial charge in [-0.1, -0.05) is 0 Å². The van der Waals surface area contributed by atoms with Gasteiger partial charge in [-0.15, -0.1) is 0 Å². The molecule has 0 aromatic carbocycles. The molecule has 0 aliphatic carbocycles. The zero-order valence-corrected chi connectivity index (χ0v) is 14.8. The molecule has 1 N–H and O–H groups in total. The topological polar surface area (TPSA) is 75.9 Å². The van der Waals surface area contributed by atoms with E-state index in [-0.39, 0.29) is 5.91 Å². The molecule has 3 rings (SSSR count). The average Bonchev–Trinajstić information content (AvgIpc) is 3.14. The third-order valence-corrected chi connectivity index (χ3v) is 4.45. The van der Waals surface area contributed by atoms with Crippen LogP contribution in [0.1, 0.15) is 46.0 Å². The van der Waals surface area contributed by atoms with Crippen LogP contribution in [0.3, 0.4) is 0 Å². The van der Waals surface area contributed by atoms with Gasteiger partial charge in [0.1, 0.15) is 0 Å². The monoisotopic (exact) mass is 328 g/mol. The van der Waals surface area contributed by atoms with Gasteiger partial charge in [-0.25, -0.2) is 9.97 Å². The molecule has 7 nitrogen and oxygen atoms in total. The highest BCUT2D eigenvalue weighted by atomic mass is 16.1. The molecule has 7 heteroatoms. The van der Waals surface area contributed by atoms with E-state index < -0.39 is 0 Å². The number of carbonyl (C=O) groups excluding carboxylic acids is 1. The van der Waals surface area contributed by atoms with Crippen molar-refractivity contribution in [1.82, 2.24) is 25.1 Å². The highest BCUT2D eigenvalue weighted by Gasteiger charge is 2.18. The molecule has 3 heterocycles. The second-order valence-electron chi connectivity index (χ2n) is 6.35. The van der Waals surface area contributed by atoms with E-state index in [9.17, 15) is 4.79 Å². The summed E-state index contributed by atoms with van der Waals surface area (Å²) >= 11 is 0. The molecule has 1 fully saturated rings. The van der Waals surface area contributed by atoms with Crippen LogP contribution in [0.2, 0.25) is 0 Å². The Hall–Kier alpha value is -2.44. The summed E-state index contributed by atoms with van der Waals surface area (Å²) in [7, 11) is 1.84. The maximum atomic E-state index is 12.5. The second kappa shape index (κ2) is 6.59. The van der Waals surface area contributed by atoms with Crippen LogP contribution < -0.4 is 10.2 Å². The van der Waals surface area contributed by atoms with Gasteiger partial charge in [0.25, 0.3) is 5.91 Å². The molecule has 2 aromatic heterocycles. The van der Waals surface area contributed by atoms with Gasteiger partial charge >= 0.3 is 0 Å². The summed E-state index contributed by atoms with van der Waals surface area (Å²) in [6.45, 7) is 8.10. The maximum absolute atomic E-state index is 12.5. The van der Waals surface area contributed by atoms with Gasteiger partial charge in [0, 0.05) is 31.5 Å². The number of nitrogens with zero attached hydrogens (tertiary/aromatic N) is 5. The van der Waals surface area contributed by atoms with E-state index in [0.717, 1.165) is 41.8 Å². The molecule has 0 bridgehead atoms. The largest absolute Gasteiger partial charge is 0.346 e. The fourth-order valence-electron chi connectivity index (χ4n) is 3.13. The number of aryl methyl sites for hydroxylation is 3. The number of hydrogen-bond donors (Lipinski definition) is 1. The molecule has 1 aliphatic heterocycles. The molecule has 1 saturated heterocycles. The fraction of sp³-hybridized carbons (Fsp3) is 0.529. The number of hydrogen-bond acceptors (Lipinski definition) is 5. The van der Waals surface area contributed by atoms with Gasteiger partial charge in [-0.3, -0.25) is 9.48 Å². The molecule has 0 spiro atoms. The van der Waals surface area contributed by atoms with E-state index in [2.05, 4.69) is 25.3 Å². The minimum Gasteiger partial charge on any atom is -0.346 e. The molecular weight excluding hydrogens is 304 g/mol. The summed E-state index contributed by atoms with van der Waals surface area (Å²) in [5.74, 6) is 0.655. The third kappa shape index (κ3) is 3.25. The Labute approximate surface area is 142 Å². The van der Waals surface area contributed by atoms with Gasteiger partial charge in [0.2, 0.25) is 5.95 Å². The number of rotatable bonds is 4. The van der Waals surface area contributed by atoms with Crippen molar-refractivity contribution in [3.8, 4) is 0 Å². The highest BCUT2D eigenvalue weighted by Crippen LogP contribution is 2.17. The van der Waals surface area contributed by atoms with Gasteiger partial charge in [-0.05, 0) is 39.7 Å². The van der Waals surface area contributed by atoms with E-state index in [0.29, 0.717) is 12.1 Å². The van der Waals surface area contributed by atoms with E-state index >= 15 is 0 Å². The minimum absolute atomic E-state index is 0.114. The molecule has 2 aromatic rings. The van der Waals surface area contributed by atoms with Crippen LogP contribution in [-0.4, -0.2) is 38.7 Å². The Morgan fingerprint density at radius 1 is 1.21 bits per heavy atom. The zero-order chi connectivity index (χ0) is 17.3. The molecule has 24 heavy (non-hydrogen) atoms. The lowest BCUT2D eigenvalue weighted by molar-refractivity contribution is 0.0949. The predicted octanol–water partition coefficient (Wildman–Crippen LogP) is 1.67. The molecule has 1 amide bonds. The molecule has 0 atom stereocenters. The van der Waals surface area contributed by atoms with Crippen LogP contribution in [0.5, 0.6) is 0 Å². The zero-order valence-electron chi connectivity index (χ0n) is 14.8. The second-order valence-corrected chi connectivity index (χ2v) is 6.35. The number of anilines is 1. The van der Waals surface area contributed by atoms with Crippen LogP contribution in [0, 0.1) is 20.8 Å². The van der Waals surface area contributed by atoms with E-state index in [1.807, 2.05) is 33.9 Å². The summed E-state index contributed by atoms with van der Waals surface area (Å²) in [5.41, 5.74) is 4.00. The van der Waals surface area contributed by atoms with Gasteiger partial charge in [0.15, 0.2) is 0 Å². The smallest absolute Gasteiger partial charge is 0.255 e. The van der Waals surface area contributed by atoms with Crippen molar-refractivity contribution in [1.29, 1.82) is 0 Å². The van der Waals surface area contributed by atoms with E-state index in [1.54, 1.807) is 4.68 Å². The summed E-state index contributed by atoms with van der Waals surface area (Å²) < 4.78 is 1.73. The van der Waals surface area contributed by atoms with Crippen LogP contribution in [0.15, 0.2) is 6.07 Å². The number of carbonyl (C=O) groups is 1.